The first-order chi connectivity index (χ1) is 8.74. The fourth-order valence-electron chi connectivity index (χ4n) is 3.14. The van der Waals surface area contributed by atoms with Gasteiger partial charge in [0.05, 0.1) is 24.5 Å². The quantitative estimate of drug-likeness (QED) is 0.828. The molecule has 1 N–H and O–H groups in total. The molecule has 0 saturated heterocycles. The summed E-state index contributed by atoms with van der Waals surface area (Å²) in [6, 6.07) is 0. The summed E-state index contributed by atoms with van der Waals surface area (Å²) in [6.45, 7) is 3.39. The van der Waals surface area contributed by atoms with E-state index in [1.165, 1.54) is 12.8 Å². The molecule has 0 aromatic carbocycles. The van der Waals surface area contributed by atoms with E-state index in [1.807, 2.05) is 0 Å². The molecule has 0 spiro atoms. The number of hydrogen-bond donors (Lipinski definition) is 1. The number of fused-ring (bicyclic) bond motifs is 1. The van der Waals surface area contributed by atoms with Gasteiger partial charge >= 0.3 is 0 Å². The summed E-state index contributed by atoms with van der Waals surface area (Å²) in [7, 11) is 0. The molecule has 2 heterocycles. The van der Waals surface area contributed by atoms with Crippen molar-refractivity contribution in [3.63, 3.8) is 0 Å². The molecule has 2 atom stereocenters. The number of aromatic nitrogens is 2. The summed E-state index contributed by atoms with van der Waals surface area (Å²) in [4.78, 5) is 19.7. The molecule has 4 heteroatoms. The van der Waals surface area contributed by atoms with Gasteiger partial charge in [-0.25, -0.2) is 4.98 Å². The monoisotopic (exact) mass is 248 g/mol. The highest BCUT2D eigenvalue weighted by Gasteiger charge is 2.24. The summed E-state index contributed by atoms with van der Waals surface area (Å²) in [6.07, 6.45) is 5.63. The summed E-state index contributed by atoms with van der Waals surface area (Å²) < 4.78 is 5.32. The van der Waals surface area contributed by atoms with E-state index in [0.29, 0.717) is 19.1 Å². The van der Waals surface area contributed by atoms with Crippen LogP contribution in [0, 0.1) is 5.92 Å². The molecule has 1 aliphatic carbocycles. The zero-order valence-corrected chi connectivity index (χ0v) is 10.9. The smallest absolute Gasteiger partial charge is 0.256 e. The lowest BCUT2D eigenvalue weighted by Crippen LogP contribution is -2.27. The van der Waals surface area contributed by atoms with Gasteiger partial charge in [-0.3, -0.25) is 4.79 Å². The maximum Gasteiger partial charge on any atom is 0.256 e. The van der Waals surface area contributed by atoms with Crippen LogP contribution in [0.1, 0.15) is 55.6 Å². The van der Waals surface area contributed by atoms with Gasteiger partial charge in [0.2, 0.25) is 0 Å². The Morgan fingerprint density at radius 3 is 3.11 bits per heavy atom. The molecule has 2 unspecified atom stereocenters. The van der Waals surface area contributed by atoms with Gasteiger partial charge in [0.1, 0.15) is 5.82 Å². The van der Waals surface area contributed by atoms with E-state index in [4.69, 9.17) is 9.72 Å². The highest BCUT2D eigenvalue weighted by molar-refractivity contribution is 5.20. The van der Waals surface area contributed by atoms with Crippen molar-refractivity contribution in [2.45, 2.75) is 51.6 Å². The van der Waals surface area contributed by atoms with Crippen LogP contribution in [0.4, 0.5) is 0 Å². The summed E-state index contributed by atoms with van der Waals surface area (Å²) in [5.74, 6) is 2.09. The fourth-order valence-corrected chi connectivity index (χ4v) is 3.14. The predicted molar refractivity (Wildman–Crippen MR) is 68.6 cm³/mol. The van der Waals surface area contributed by atoms with Crippen molar-refractivity contribution < 1.29 is 4.74 Å². The van der Waals surface area contributed by atoms with Crippen LogP contribution in [0.5, 0.6) is 0 Å². The van der Waals surface area contributed by atoms with E-state index in [-0.39, 0.29) is 5.56 Å². The standard InChI is InChI=1S/C14H20N2O2/c1-9-3-2-4-10(7-9)13-15-12-5-6-18-8-11(12)14(17)16-13/h9-10H,2-8H2,1H3,(H,15,16,17). The second-order valence-electron chi connectivity index (χ2n) is 5.65. The molecule has 1 aromatic heterocycles. The van der Waals surface area contributed by atoms with Crippen molar-refractivity contribution in [1.29, 1.82) is 0 Å². The maximum absolute atomic E-state index is 12.0. The van der Waals surface area contributed by atoms with Crippen LogP contribution >= 0.6 is 0 Å². The molecule has 2 aliphatic rings. The lowest BCUT2D eigenvalue weighted by atomic mass is 9.82. The van der Waals surface area contributed by atoms with Crippen LogP contribution in [0.15, 0.2) is 4.79 Å². The second kappa shape index (κ2) is 4.84. The molecular weight excluding hydrogens is 228 g/mol. The Morgan fingerprint density at radius 2 is 2.28 bits per heavy atom. The number of H-pyrrole nitrogens is 1. The van der Waals surface area contributed by atoms with Crippen molar-refractivity contribution in [1.82, 2.24) is 9.97 Å². The van der Waals surface area contributed by atoms with Crippen molar-refractivity contribution in [3.8, 4) is 0 Å². The van der Waals surface area contributed by atoms with Crippen molar-refractivity contribution >= 4 is 0 Å². The largest absolute Gasteiger partial charge is 0.376 e. The fraction of sp³-hybridized carbons (Fsp3) is 0.714. The average molecular weight is 248 g/mol. The zero-order chi connectivity index (χ0) is 12.5. The Morgan fingerprint density at radius 1 is 1.39 bits per heavy atom. The lowest BCUT2D eigenvalue weighted by molar-refractivity contribution is 0.107. The van der Waals surface area contributed by atoms with E-state index in [9.17, 15) is 4.79 Å². The molecule has 1 saturated carbocycles. The summed E-state index contributed by atoms with van der Waals surface area (Å²) in [5, 5.41) is 0. The third-order valence-corrected chi connectivity index (χ3v) is 4.17. The molecule has 0 amide bonds. The minimum absolute atomic E-state index is 0.00734. The number of aromatic amines is 1. The van der Waals surface area contributed by atoms with E-state index in [1.54, 1.807) is 0 Å². The van der Waals surface area contributed by atoms with Crippen LogP contribution in [0.25, 0.3) is 0 Å². The second-order valence-corrected chi connectivity index (χ2v) is 5.65. The van der Waals surface area contributed by atoms with Gasteiger partial charge in [-0.2, -0.15) is 0 Å². The van der Waals surface area contributed by atoms with E-state index in [2.05, 4.69) is 11.9 Å². The number of hydrogen-bond acceptors (Lipinski definition) is 3. The summed E-state index contributed by atoms with van der Waals surface area (Å²) in [5.41, 5.74) is 1.69. The van der Waals surface area contributed by atoms with Gasteiger partial charge in [0, 0.05) is 12.3 Å². The molecule has 3 rings (SSSR count). The number of nitrogens with zero attached hydrogens (tertiary/aromatic N) is 1. The Hall–Kier alpha value is -1.16. The normalized spacial score (nSPS) is 27.8. The molecule has 1 aliphatic heterocycles. The highest BCUT2D eigenvalue weighted by Crippen LogP contribution is 2.34. The Kier molecular flexibility index (Phi) is 3.20. The van der Waals surface area contributed by atoms with Gasteiger partial charge in [-0.15, -0.1) is 0 Å². The van der Waals surface area contributed by atoms with E-state index in [0.717, 1.165) is 42.3 Å². The first-order valence-electron chi connectivity index (χ1n) is 6.93. The van der Waals surface area contributed by atoms with Gasteiger partial charge in [-0.05, 0) is 18.8 Å². The predicted octanol–water partition coefficient (Wildman–Crippen LogP) is 2.14. The lowest BCUT2D eigenvalue weighted by Gasteiger charge is -2.26. The molecule has 98 valence electrons. The first kappa shape index (κ1) is 11.9. The molecule has 18 heavy (non-hydrogen) atoms. The number of ether oxygens (including phenoxy) is 1. The van der Waals surface area contributed by atoms with Gasteiger partial charge < -0.3 is 9.72 Å². The van der Waals surface area contributed by atoms with Crippen LogP contribution in [-0.2, 0) is 17.8 Å². The van der Waals surface area contributed by atoms with Crippen molar-refractivity contribution in [2.24, 2.45) is 5.92 Å². The summed E-state index contributed by atoms with van der Waals surface area (Å²) >= 11 is 0. The van der Waals surface area contributed by atoms with Crippen molar-refractivity contribution in [3.05, 3.63) is 27.4 Å². The molecule has 1 fully saturated rings. The van der Waals surface area contributed by atoms with Crippen LogP contribution in [0.3, 0.4) is 0 Å². The molecule has 4 nitrogen and oxygen atoms in total. The van der Waals surface area contributed by atoms with Gasteiger partial charge in [0.15, 0.2) is 0 Å². The SMILES string of the molecule is CC1CCCC(c2nc3c(c(=O)[nH]2)COCC3)C1. The van der Waals surface area contributed by atoms with E-state index >= 15 is 0 Å². The van der Waals surface area contributed by atoms with Gasteiger partial charge in [0.25, 0.3) is 5.56 Å². The molecule has 0 bridgehead atoms. The number of rotatable bonds is 1. The minimum Gasteiger partial charge on any atom is -0.376 e. The first-order valence-corrected chi connectivity index (χ1v) is 6.93. The molecular formula is C14H20N2O2. The van der Waals surface area contributed by atoms with Gasteiger partial charge in [-0.1, -0.05) is 19.8 Å². The van der Waals surface area contributed by atoms with Crippen LogP contribution < -0.4 is 5.56 Å². The van der Waals surface area contributed by atoms with E-state index < -0.39 is 0 Å². The zero-order valence-electron chi connectivity index (χ0n) is 10.9. The van der Waals surface area contributed by atoms with Crippen LogP contribution in [0.2, 0.25) is 0 Å². The van der Waals surface area contributed by atoms with Crippen LogP contribution in [-0.4, -0.2) is 16.6 Å². The molecule has 1 aromatic rings. The third-order valence-electron chi connectivity index (χ3n) is 4.17. The third kappa shape index (κ3) is 2.21. The topological polar surface area (TPSA) is 55.0 Å². The minimum atomic E-state index is 0.00734. The van der Waals surface area contributed by atoms with Crippen molar-refractivity contribution in [2.75, 3.05) is 6.61 Å². The number of nitrogens with one attached hydrogen (secondary N) is 1. The average Bonchev–Trinajstić information content (AvgIpc) is 2.39. The molecule has 0 radical (unpaired) electrons. The maximum atomic E-state index is 12.0. The highest BCUT2D eigenvalue weighted by atomic mass is 16.5. The Bertz CT molecular complexity index is 495. The Labute approximate surface area is 107 Å². The Balaban J connectivity index is 1.93.